The predicted octanol–water partition coefficient (Wildman–Crippen LogP) is 4.16. The molecule has 1 aliphatic carbocycles. The molecular weight excluding hydrogens is 428 g/mol. The van der Waals surface area contributed by atoms with Crippen LogP contribution >= 0.6 is 0 Å². The third kappa shape index (κ3) is 3.81. The maximum absolute atomic E-state index is 13.9. The van der Waals surface area contributed by atoms with E-state index in [1.807, 2.05) is 17.2 Å². The first kappa shape index (κ1) is 21.2. The van der Waals surface area contributed by atoms with Crippen LogP contribution < -0.4 is 15.1 Å². The van der Waals surface area contributed by atoms with E-state index >= 15 is 0 Å². The van der Waals surface area contributed by atoms with Gasteiger partial charge in [-0.25, -0.2) is 4.98 Å². The number of H-pyrrole nitrogens is 1. The molecule has 3 aromatic rings. The van der Waals surface area contributed by atoms with E-state index in [2.05, 4.69) is 49.7 Å². The minimum absolute atomic E-state index is 0.0182. The molecule has 2 aliphatic heterocycles. The van der Waals surface area contributed by atoms with Gasteiger partial charge < -0.3 is 19.9 Å². The van der Waals surface area contributed by atoms with Crippen molar-refractivity contribution in [1.29, 1.82) is 0 Å². The lowest BCUT2D eigenvalue weighted by Crippen LogP contribution is -2.38. The number of hydrogen-bond donors (Lipinski definition) is 2. The molecule has 8 nitrogen and oxygen atoms in total. The Balaban J connectivity index is 1.34. The van der Waals surface area contributed by atoms with Gasteiger partial charge in [-0.15, -0.1) is 0 Å². The van der Waals surface area contributed by atoms with Gasteiger partial charge in [-0.3, -0.25) is 9.89 Å². The summed E-state index contributed by atoms with van der Waals surface area (Å²) in [5.74, 6) is 1.03. The molecule has 1 fully saturated rings. The second kappa shape index (κ2) is 8.76. The highest BCUT2D eigenvalue weighted by Gasteiger charge is 2.33. The van der Waals surface area contributed by atoms with Gasteiger partial charge in [-0.2, -0.15) is 5.10 Å². The van der Waals surface area contributed by atoms with Crippen molar-refractivity contribution in [1.82, 2.24) is 15.2 Å². The van der Waals surface area contributed by atoms with Crippen molar-refractivity contribution in [2.24, 2.45) is 5.92 Å². The topological polar surface area (TPSA) is 86.4 Å². The first-order valence-electron chi connectivity index (χ1n) is 12.1. The number of nitrogens with one attached hydrogen (secondary N) is 2. The first-order chi connectivity index (χ1) is 16.7. The van der Waals surface area contributed by atoms with Crippen molar-refractivity contribution in [2.45, 2.75) is 51.3 Å². The highest BCUT2D eigenvalue weighted by atomic mass is 16.5. The fraction of sp³-hybridized carbons (Fsp3) is 0.423. The maximum atomic E-state index is 13.9. The summed E-state index contributed by atoms with van der Waals surface area (Å²) in [6.07, 6.45) is 8.56. The molecule has 3 aliphatic rings. The summed E-state index contributed by atoms with van der Waals surface area (Å²) in [6, 6.07) is 10.4. The van der Waals surface area contributed by atoms with Gasteiger partial charge in [0.25, 0.3) is 0 Å². The molecule has 2 N–H and O–H groups in total. The number of carbonyl (C=O) groups excluding carboxylic acids is 1. The van der Waals surface area contributed by atoms with Crippen molar-refractivity contribution in [3.63, 3.8) is 0 Å². The number of rotatable bonds is 3. The van der Waals surface area contributed by atoms with E-state index in [4.69, 9.17) is 4.74 Å². The van der Waals surface area contributed by atoms with Crippen LogP contribution in [0.2, 0.25) is 0 Å². The summed E-state index contributed by atoms with van der Waals surface area (Å²) >= 11 is 0. The lowest BCUT2D eigenvalue weighted by Gasteiger charge is -2.33. The van der Waals surface area contributed by atoms with Gasteiger partial charge in [0, 0.05) is 61.7 Å². The van der Waals surface area contributed by atoms with E-state index < -0.39 is 0 Å². The molecule has 1 aromatic carbocycles. The number of aromatic amines is 1. The van der Waals surface area contributed by atoms with Crippen LogP contribution in [0.1, 0.15) is 42.5 Å². The number of pyridine rings is 1. The average molecular weight is 459 g/mol. The van der Waals surface area contributed by atoms with Crippen molar-refractivity contribution in [3.05, 3.63) is 59.5 Å². The summed E-state index contributed by atoms with van der Waals surface area (Å²) < 4.78 is 5.53. The SMILES string of the molecule is CO[C@H]1CC[C@H](C(=O)N2Cc3cccnc3Nc3ccc(N4CCc5n[nH]cc5C4)cc32)CC1. The van der Waals surface area contributed by atoms with Crippen LogP contribution in [-0.2, 0) is 29.0 Å². The van der Waals surface area contributed by atoms with Crippen molar-refractivity contribution in [2.75, 3.05) is 28.8 Å². The molecule has 0 spiro atoms. The normalized spacial score (nSPS) is 21.7. The lowest BCUT2D eigenvalue weighted by molar-refractivity contribution is -0.124. The van der Waals surface area contributed by atoms with Gasteiger partial charge in [-0.05, 0) is 49.9 Å². The standard InChI is InChI=1S/C26H30N6O2/c1-34-21-7-4-17(5-8-21)26(33)32-16-18-3-2-11-27-25(18)29-23-9-6-20(13-24(23)32)31-12-10-22-19(15-31)14-28-30-22/h2-3,6,9,11,13-14,17,21H,4-5,7-8,10,12,15-16H2,1H3,(H,27,29)(H,28,30)/t17-,21-. The number of nitrogens with zero attached hydrogens (tertiary/aromatic N) is 4. The quantitative estimate of drug-likeness (QED) is 0.613. The molecule has 0 radical (unpaired) electrons. The number of benzene rings is 1. The number of fused-ring (bicyclic) bond motifs is 3. The van der Waals surface area contributed by atoms with Crippen molar-refractivity contribution >= 4 is 28.8 Å². The molecule has 0 saturated heterocycles. The van der Waals surface area contributed by atoms with E-state index in [1.54, 1.807) is 13.3 Å². The Morgan fingerprint density at radius 2 is 2.00 bits per heavy atom. The molecule has 1 amide bonds. The van der Waals surface area contributed by atoms with E-state index in [-0.39, 0.29) is 17.9 Å². The Bertz CT molecular complexity index is 1200. The Hall–Kier alpha value is -3.39. The maximum Gasteiger partial charge on any atom is 0.230 e. The fourth-order valence-corrected chi connectivity index (χ4v) is 5.51. The molecule has 8 heteroatoms. The fourth-order valence-electron chi connectivity index (χ4n) is 5.51. The van der Waals surface area contributed by atoms with Crippen LogP contribution in [0.5, 0.6) is 0 Å². The largest absolute Gasteiger partial charge is 0.381 e. The molecule has 0 atom stereocenters. The third-order valence-corrected chi connectivity index (χ3v) is 7.52. The summed E-state index contributed by atoms with van der Waals surface area (Å²) in [5.41, 5.74) is 6.37. The van der Waals surface area contributed by atoms with Crippen LogP contribution in [-0.4, -0.2) is 40.8 Å². The molecule has 1 saturated carbocycles. The van der Waals surface area contributed by atoms with E-state index in [0.717, 1.165) is 79.3 Å². The number of methoxy groups -OCH3 is 1. The monoisotopic (exact) mass is 458 g/mol. The number of carbonyl (C=O) groups is 1. The zero-order chi connectivity index (χ0) is 23.1. The van der Waals surface area contributed by atoms with Crippen LogP contribution in [0, 0.1) is 5.92 Å². The van der Waals surface area contributed by atoms with Crippen molar-refractivity contribution in [3.8, 4) is 0 Å². The molecule has 0 bridgehead atoms. The minimum atomic E-state index is 0.0182. The number of anilines is 4. The smallest absolute Gasteiger partial charge is 0.230 e. The molecule has 176 valence electrons. The van der Waals surface area contributed by atoms with Crippen molar-refractivity contribution < 1.29 is 9.53 Å². The Morgan fingerprint density at radius 1 is 1.12 bits per heavy atom. The molecule has 34 heavy (non-hydrogen) atoms. The Kier molecular flexibility index (Phi) is 5.45. The summed E-state index contributed by atoms with van der Waals surface area (Å²) in [4.78, 5) is 22.8. The van der Waals surface area contributed by atoms with Gasteiger partial charge in [0.05, 0.1) is 29.7 Å². The molecule has 6 rings (SSSR count). The van der Waals surface area contributed by atoms with Gasteiger partial charge in [0.15, 0.2) is 0 Å². The second-order valence-electron chi connectivity index (χ2n) is 9.50. The third-order valence-electron chi connectivity index (χ3n) is 7.52. The molecule has 4 heterocycles. The van der Waals surface area contributed by atoms with Crippen LogP contribution in [0.25, 0.3) is 0 Å². The Morgan fingerprint density at radius 3 is 2.85 bits per heavy atom. The van der Waals surface area contributed by atoms with Gasteiger partial charge in [0.1, 0.15) is 5.82 Å². The van der Waals surface area contributed by atoms with E-state index in [1.165, 1.54) is 5.56 Å². The van der Waals surface area contributed by atoms with E-state index in [9.17, 15) is 4.79 Å². The van der Waals surface area contributed by atoms with Crippen LogP contribution in [0.15, 0.2) is 42.7 Å². The van der Waals surface area contributed by atoms with Gasteiger partial charge >= 0.3 is 0 Å². The summed E-state index contributed by atoms with van der Waals surface area (Å²) in [5, 5.41) is 10.8. The van der Waals surface area contributed by atoms with Gasteiger partial charge in [-0.1, -0.05) is 6.07 Å². The minimum Gasteiger partial charge on any atom is -0.381 e. The average Bonchev–Trinajstić information content (AvgIpc) is 3.29. The number of aromatic nitrogens is 3. The molecule has 0 unspecified atom stereocenters. The predicted molar refractivity (Wildman–Crippen MR) is 131 cm³/mol. The highest BCUT2D eigenvalue weighted by molar-refractivity contribution is 6.00. The lowest BCUT2D eigenvalue weighted by atomic mass is 9.86. The number of ether oxygens (including phenoxy) is 1. The number of hydrogen-bond acceptors (Lipinski definition) is 6. The van der Waals surface area contributed by atoms with Gasteiger partial charge in [0.2, 0.25) is 5.91 Å². The zero-order valence-corrected chi connectivity index (χ0v) is 19.5. The molecule has 2 aromatic heterocycles. The first-order valence-corrected chi connectivity index (χ1v) is 12.1. The highest BCUT2D eigenvalue weighted by Crippen LogP contribution is 2.40. The second-order valence-corrected chi connectivity index (χ2v) is 9.50. The van der Waals surface area contributed by atoms with Crippen LogP contribution in [0.4, 0.5) is 22.9 Å². The van der Waals surface area contributed by atoms with Crippen LogP contribution in [0.3, 0.4) is 0 Å². The van der Waals surface area contributed by atoms with E-state index in [0.29, 0.717) is 6.54 Å². The molecular formula is C26H30N6O2. The Labute approximate surface area is 199 Å². The summed E-state index contributed by atoms with van der Waals surface area (Å²) in [7, 11) is 1.77. The summed E-state index contributed by atoms with van der Waals surface area (Å²) in [6.45, 7) is 2.23. The number of amides is 1. The zero-order valence-electron chi connectivity index (χ0n) is 19.5.